The van der Waals surface area contributed by atoms with Gasteiger partial charge in [-0.2, -0.15) is 0 Å². The van der Waals surface area contributed by atoms with Gasteiger partial charge in [0.05, 0.1) is 18.7 Å². The second-order valence-electron chi connectivity index (χ2n) is 5.92. The SMILES string of the molecule is CC(=O)c1ccccc1OCCC[NH+]1C[C@H](C)O[C@@H](C)C1. The fraction of sp³-hybridized carbons (Fsp3) is 0.588. The molecule has 2 atom stereocenters. The molecule has 1 heterocycles. The van der Waals surface area contributed by atoms with Crippen molar-refractivity contribution in [1.82, 2.24) is 0 Å². The molecule has 0 unspecified atom stereocenters. The summed E-state index contributed by atoms with van der Waals surface area (Å²) in [7, 11) is 0. The highest BCUT2D eigenvalue weighted by Gasteiger charge is 2.24. The Hall–Kier alpha value is -1.39. The third kappa shape index (κ3) is 4.83. The number of benzene rings is 1. The summed E-state index contributed by atoms with van der Waals surface area (Å²) in [5.41, 5.74) is 0.665. The van der Waals surface area contributed by atoms with Crippen molar-refractivity contribution in [1.29, 1.82) is 0 Å². The van der Waals surface area contributed by atoms with Crippen molar-refractivity contribution in [2.45, 2.75) is 39.4 Å². The van der Waals surface area contributed by atoms with Crippen LogP contribution in [-0.4, -0.2) is 44.2 Å². The molecule has 4 nitrogen and oxygen atoms in total. The van der Waals surface area contributed by atoms with Crippen LogP contribution in [0.15, 0.2) is 24.3 Å². The van der Waals surface area contributed by atoms with E-state index in [9.17, 15) is 4.79 Å². The van der Waals surface area contributed by atoms with E-state index in [1.807, 2.05) is 24.3 Å². The van der Waals surface area contributed by atoms with Gasteiger partial charge in [-0.3, -0.25) is 4.79 Å². The Morgan fingerprint density at radius 3 is 2.62 bits per heavy atom. The summed E-state index contributed by atoms with van der Waals surface area (Å²) in [6, 6.07) is 7.44. The quantitative estimate of drug-likeness (QED) is 0.635. The van der Waals surface area contributed by atoms with Gasteiger partial charge in [0, 0.05) is 6.42 Å². The van der Waals surface area contributed by atoms with Gasteiger partial charge in [-0.05, 0) is 32.9 Å². The number of hydrogen-bond acceptors (Lipinski definition) is 3. The second-order valence-corrected chi connectivity index (χ2v) is 5.92. The first-order valence-electron chi connectivity index (χ1n) is 7.78. The monoisotopic (exact) mass is 292 g/mol. The first kappa shape index (κ1) is 16.0. The van der Waals surface area contributed by atoms with Crippen LogP contribution in [0.5, 0.6) is 5.75 Å². The van der Waals surface area contributed by atoms with Crippen LogP contribution in [0.25, 0.3) is 0 Å². The zero-order valence-corrected chi connectivity index (χ0v) is 13.2. The zero-order chi connectivity index (χ0) is 15.2. The lowest BCUT2D eigenvalue weighted by Crippen LogP contribution is -3.15. The van der Waals surface area contributed by atoms with Crippen LogP contribution in [-0.2, 0) is 4.74 Å². The van der Waals surface area contributed by atoms with Gasteiger partial charge in [-0.1, -0.05) is 12.1 Å². The average molecular weight is 292 g/mol. The van der Waals surface area contributed by atoms with Crippen molar-refractivity contribution in [2.24, 2.45) is 0 Å². The number of ketones is 1. The number of ether oxygens (including phenoxy) is 2. The smallest absolute Gasteiger partial charge is 0.163 e. The summed E-state index contributed by atoms with van der Waals surface area (Å²) in [6.07, 6.45) is 1.66. The maximum atomic E-state index is 11.5. The summed E-state index contributed by atoms with van der Waals surface area (Å²) >= 11 is 0. The summed E-state index contributed by atoms with van der Waals surface area (Å²) in [5.74, 6) is 0.746. The van der Waals surface area contributed by atoms with Gasteiger partial charge in [0.2, 0.25) is 0 Å². The summed E-state index contributed by atoms with van der Waals surface area (Å²) in [5, 5.41) is 0. The Kier molecular flexibility index (Phi) is 5.76. The number of carbonyl (C=O) groups is 1. The van der Waals surface area contributed by atoms with Crippen molar-refractivity contribution in [3.8, 4) is 5.75 Å². The van der Waals surface area contributed by atoms with Crippen LogP contribution in [0, 0.1) is 0 Å². The van der Waals surface area contributed by atoms with Crippen LogP contribution in [0.1, 0.15) is 37.6 Å². The van der Waals surface area contributed by atoms with Crippen LogP contribution >= 0.6 is 0 Å². The van der Waals surface area contributed by atoms with Crippen LogP contribution < -0.4 is 9.64 Å². The van der Waals surface area contributed by atoms with E-state index in [2.05, 4.69) is 13.8 Å². The van der Waals surface area contributed by atoms with Gasteiger partial charge in [-0.25, -0.2) is 0 Å². The number of carbonyl (C=O) groups excluding carboxylic acids is 1. The molecule has 1 aromatic rings. The summed E-state index contributed by atoms with van der Waals surface area (Å²) in [4.78, 5) is 13.1. The highest BCUT2D eigenvalue weighted by atomic mass is 16.5. The maximum absolute atomic E-state index is 11.5. The van der Waals surface area contributed by atoms with Gasteiger partial charge in [0.25, 0.3) is 0 Å². The minimum absolute atomic E-state index is 0.0482. The lowest BCUT2D eigenvalue weighted by Gasteiger charge is -2.32. The average Bonchev–Trinajstić information content (AvgIpc) is 2.43. The Morgan fingerprint density at radius 1 is 1.29 bits per heavy atom. The van der Waals surface area contributed by atoms with Crippen LogP contribution in [0.2, 0.25) is 0 Å². The van der Waals surface area contributed by atoms with E-state index in [1.165, 1.54) is 0 Å². The van der Waals surface area contributed by atoms with Gasteiger partial charge in [0.15, 0.2) is 5.78 Å². The molecule has 1 N–H and O–H groups in total. The molecule has 1 fully saturated rings. The molecule has 0 aliphatic carbocycles. The third-order valence-corrected chi connectivity index (χ3v) is 3.82. The fourth-order valence-electron chi connectivity index (χ4n) is 2.98. The fourth-order valence-corrected chi connectivity index (χ4v) is 2.98. The normalized spacial score (nSPS) is 25.6. The summed E-state index contributed by atoms with van der Waals surface area (Å²) < 4.78 is 11.5. The van der Waals surface area contributed by atoms with E-state index >= 15 is 0 Å². The van der Waals surface area contributed by atoms with E-state index < -0.39 is 0 Å². The maximum Gasteiger partial charge on any atom is 0.163 e. The molecule has 1 saturated heterocycles. The molecule has 21 heavy (non-hydrogen) atoms. The highest BCUT2D eigenvalue weighted by molar-refractivity contribution is 5.96. The Bertz CT molecular complexity index is 465. The van der Waals surface area contributed by atoms with Crippen molar-refractivity contribution in [3.05, 3.63) is 29.8 Å². The largest absolute Gasteiger partial charge is 0.493 e. The number of hydrogen-bond donors (Lipinski definition) is 1. The molecule has 0 radical (unpaired) electrons. The number of morpholine rings is 1. The Morgan fingerprint density at radius 2 is 1.95 bits per heavy atom. The molecule has 1 aliphatic heterocycles. The number of quaternary nitrogens is 1. The van der Waals surface area contributed by atoms with Crippen molar-refractivity contribution >= 4 is 5.78 Å². The molecule has 0 bridgehead atoms. The van der Waals surface area contributed by atoms with E-state index in [0.717, 1.165) is 26.1 Å². The number of para-hydroxylation sites is 1. The number of Topliss-reactive ketones (excluding diaryl/α,β-unsaturated/α-hetero) is 1. The number of rotatable bonds is 6. The number of nitrogens with one attached hydrogen (secondary N) is 1. The first-order chi connectivity index (χ1) is 10.1. The van der Waals surface area contributed by atoms with Crippen molar-refractivity contribution < 1.29 is 19.2 Å². The molecule has 0 spiro atoms. The molecule has 0 saturated carbocycles. The first-order valence-corrected chi connectivity index (χ1v) is 7.78. The molecule has 4 heteroatoms. The van der Waals surface area contributed by atoms with Gasteiger partial charge >= 0.3 is 0 Å². The molecule has 0 amide bonds. The Balaban J connectivity index is 1.76. The van der Waals surface area contributed by atoms with E-state index in [0.29, 0.717) is 30.1 Å². The predicted octanol–water partition coefficient (Wildman–Crippen LogP) is 1.35. The topological polar surface area (TPSA) is 40.0 Å². The minimum Gasteiger partial charge on any atom is -0.493 e. The predicted molar refractivity (Wildman–Crippen MR) is 82.1 cm³/mol. The van der Waals surface area contributed by atoms with Gasteiger partial charge < -0.3 is 14.4 Å². The van der Waals surface area contributed by atoms with Crippen molar-refractivity contribution in [3.63, 3.8) is 0 Å². The van der Waals surface area contributed by atoms with Crippen LogP contribution in [0.3, 0.4) is 0 Å². The Labute approximate surface area is 127 Å². The standard InChI is InChI=1S/C17H25NO3/c1-13-11-18(12-14(2)21-13)9-6-10-20-17-8-5-4-7-16(17)15(3)19/h4-5,7-8,13-14H,6,9-12H2,1-3H3/p+1/t13-,14-/m0/s1. The molecule has 1 aliphatic rings. The molecule has 1 aromatic carbocycles. The second kappa shape index (κ2) is 7.57. The van der Waals surface area contributed by atoms with Crippen molar-refractivity contribution in [2.75, 3.05) is 26.2 Å². The molecule has 116 valence electrons. The summed E-state index contributed by atoms with van der Waals surface area (Å²) in [6.45, 7) is 9.70. The lowest BCUT2D eigenvalue weighted by molar-refractivity contribution is -0.915. The molecular weight excluding hydrogens is 266 g/mol. The van der Waals surface area contributed by atoms with E-state index in [4.69, 9.17) is 9.47 Å². The van der Waals surface area contributed by atoms with Crippen LogP contribution in [0.4, 0.5) is 0 Å². The molecule has 0 aromatic heterocycles. The van der Waals surface area contributed by atoms with E-state index in [-0.39, 0.29) is 5.78 Å². The van der Waals surface area contributed by atoms with Gasteiger partial charge in [-0.15, -0.1) is 0 Å². The zero-order valence-electron chi connectivity index (χ0n) is 13.2. The molecule has 2 rings (SSSR count). The highest BCUT2D eigenvalue weighted by Crippen LogP contribution is 2.18. The third-order valence-electron chi connectivity index (χ3n) is 3.82. The van der Waals surface area contributed by atoms with E-state index in [1.54, 1.807) is 11.8 Å². The molecular formula is C17H26NO3+. The minimum atomic E-state index is 0.0482. The lowest BCUT2D eigenvalue weighted by atomic mass is 10.1. The van der Waals surface area contributed by atoms with Gasteiger partial charge in [0.1, 0.15) is 31.0 Å².